The van der Waals surface area contributed by atoms with Gasteiger partial charge >= 0.3 is 12.2 Å². The Bertz CT molecular complexity index is 560. The molecule has 2 rings (SSSR count). The molecule has 0 spiro atoms. The second kappa shape index (κ2) is 6.72. The number of ether oxygens (including phenoxy) is 1. The first-order valence-corrected chi connectivity index (χ1v) is 7.43. The predicted molar refractivity (Wildman–Crippen MR) is 85.9 cm³/mol. The van der Waals surface area contributed by atoms with E-state index in [1.807, 2.05) is 20.8 Å². The van der Waals surface area contributed by atoms with Crippen LogP contribution in [0.2, 0.25) is 0 Å². The SMILES string of the molecule is CC(C)(C)OC(=O)N1CCN(c2ccc(NC(=O)O)nc2)CC1. The van der Waals surface area contributed by atoms with E-state index in [0.29, 0.717) is 26.2 Å². The van der Waals surface area contributed by atoms with Gasteiger partial charge in [-0.1, -0.05) is 0 Å². The molecule has 0 radical (unpaired) electrons. The summed E-state index contributed by atoms with van der Waals surface area (Å²) in [5, 5.41) is 10.8. The van der Waals surface area contributed by atoms with Gasteiger partial charge in [-0.15, -0.1) is 0 Å². The first-order valence-electron chi connectivity index (χ1n) is 7.43. The minimum Gasteiger partial charge on any atom is -0.465 e. The number of pyridine rings is 1. The number of carbonyl (C=O) groups excluding carboxylic acids is 1. The molecule has 0 bridgehead atoms. The van der Waals surface area contributed by atoms with E-state index in [-0.39, 0.29) is 11.9 Å². The third-order valence-electron chi connectivity index (χ3n) is 3.28. The fourth-order valence-corrected chi connectivity index (χ4v) is 2.23. The van der Waals surface area contributed by atoms with Gasteiger partial charge in [0.15, 0.2) is 0 Å². The zero-order chi connectivity index (χ0) is 17.0. The molecule has 2 heterocycles. The molecule has 126 valence electrons. The van der Waals surface area contributed by atoms with Gasteiger partial charge in [0.1, 0.15) is 11.4 Å². The Labute approximate surface area is 135 Å². The second-order valence-corrected chi connectivity index (χ2v) is 6.29. The Morgan fingerprint density at radius 2 is 1.87 bits per heavy atom. The van der Waals surface area contributed by atoms with Crippen LogP contribution in [-0.4, -0.2) is 59.0 Å². The lowest BCUT2D eigenvalue weighted by Gasteiger charge is -2.36. The van der Waals surface area contributed by atoms with Crippen molar-refractivity contribution in [3.8, 4) is 0 Å². The summed E-state index contributed by atoms with van der Waals surface area (Å²) in [6.45, 7) is 8.03. The number of rotatable bonds is 2. The number of hydrogen-bond acceptors (Lipinski definition) is 5. The van der Waals surface area contributed by atoms with Crippen molar-refractivity contribution in [1.82, 2.24) is 9.88 Å². The van der Waals surface area contributed by atoms with Crippen molar-refractivity contribution in [1.29, 1.82) is 0 Å². The molecule has 0 saturated carbocycles. The summed E-state index contributed by atoms with van der Waals surface area (Å²) in [6.07, 6.45) is 0.182. The Balaban J connectivity index is 1.89. The number of carboxylic acid groups (broad SMARTS) is 1. The summed E-state index contributed by atoms with van der Waals surface area (Å²) in [7, 11) is 0. The minimum absolute atomic E-state index is 0.286. The van der Waals surface area contributed by atoms with E-state index < -0.39 is 11.7 Å². The highest BCUT2D eigenvalue weighted by Gasteiger charge is 2.25. The van der Waals surface area contributed by atoms with Crippen LogP contribution in [0.4, 0.5) is 21.1 Å². The molecule has 1 aliphatic rings. The highest BCUT2D eigenvalue weighted by Crippen LogP contribution is 2.18. The van der Waals surface area contributed by atoms with Crippen molar-refractivity contribution in [3.05, 3.63) is 18.3 Å². The molecule has 0 aliphatic carbocycles. The molecule has 23 heavy (non-hydrogen) atoms. The fourth-order valence-electron chi connectivity index (χ4n) is 2.23. The monoisotopic (exact) mass is 322 g/mol. The molecule has 0 atom stereocenters. The molecule has 8 heteroatoms. The molecular formula is C15H22N4O4. The number of amides is 2. The molecule has 1 saturated heterocycles. The molecule has 1 fully saturated rings. The lowest BCUT2D eigenvalue weighted by molar-refractivity contribution is 0.0240. The standard InChI is InChI=1S/C15H22N4O4/c1-15(2,3)23-14(22)19-8-6-18(7-9-19)11-4-5-12(16-10-11)17-13(20)21/h4-5,10H,6-9H2,1-3H3,(H,16,17)(H,20,21). The van der Waals surface area contributed by atoms with Crippen molar-refractivity contribution in [2.24, 2.45) is 0 Å². The van der Waals surface area contributed by atoms with Crippen LogP contribution in [0.1, 0.15) is 20.8 Å². The van der Waals surface area contributed by atoms with Crippen LogP contribution >= 0.6 is 0 Å². The average Bonchev–Trinajstić information content (AvgIpc) is 2.46. The van der Waals surface area contributed by atoms with Crippen LogP contribution < -0.4 is 10.2 Å². The fraction of sp³-hybridized carbons (Fsp3) is 0.533. The van der Waals surface area contributed by atoms with Gasteiger partial charge in [0, 0.05) is 26.2 Å². The van der Waals surface area contributed by atoms with E-state index in [1.54, 1.807) is 23.2 Å². The quantitative estimate of drug-likeness (QED) is 0.867. The van der Waals surface area contributed by atoms with Crippen molar-refractivity contribution in [2.75, 3.05) is 36.4 Å². The molecular weight excluding hydrogens is 300 g/mol. The van der Waals surface area contributed by atoms with Gasteiger partial charge in [-0.3, -0.25) is 5.32 Å². The van der Waals surface area contributed by atoms with Crippen LogP contribution in [0.15, 0.2) is 18.3 Å². The van der Waals surface area contributed by atoms with Crippen LogP contribution in [0, 0.1) is 0 Å². The normalized spacial score (nSPS) is 15.3. The topological polar surface area (TPSA) is 95.0 Å². The number of nitrogens with one attached hydrogen (secondary N) is 1. The highest BCUT2D eigenvalue weighted by molar-refractivity contribution is 5.81. The summed E-state index contributed by atoms with van der Waals surface area (Å²) in [5.41, 5.74) is 0.398. The zero-order valence-corrected chi connectivity index (χ0v) is 13.6. The van der Waals surface area contributed by atoms with E-state index in [4.69, 9.17) is 9.84 Å². The Morgan fingerprint density at radius 3 is 2.35 bits per heavy atom. The van der Waals surface area contributed by atoms with Gasteiger partial charge in [0.05, 0.1) is 11.9 Å². The summed E-state index contributed by atoms with van der Waals surface area (Å²) >= 11 is 0. The lowest BCUT2D eigenvalue weighted by atomic mass is 10.2. The second-order valence-electron chi connectivity index (χ2n) is 6.29. The number of nitrogens with zero attached hydrogens (tertiary/aromatic N) is 3. The first-order chi connectivity index (χ1) is 10.7. The summed E-state index contributed by atoms with van der Waals surface area (Å²) in [4.78, 5) is 30.4. The Hall–Kier alpha value is -2.51. The van der Waals surface area contributed by atoms with Crippen molar-refractivity contribution in [2.45, 2.75) is 26.4 Å². The van der Waals surface area contributed by atoms with Gasteiger partial charge in [-0.05, 0) is 32.9 Å². The summed E-state index contributed by atoms with van der Waals surface area (Å²) < 4.78 is 5.36. The van der Waals surface area contributed by atoms with Gasteiger partial charge in [0.25, 0.3) is 0 Å². The third-order valence-corrected chi connectivity index (χ3v) is 3.28. The van der Waals surface area contributed by atoms with Gasteiger partial charge in [-0.25, -0.2) is 14.6 Å². The highest BCUT2D eigenvalue weighted by atomic mass is 16.6. The minimum atomic E-state index is -1.14. The van der Waals surface area contributed by atoms with Crippen molar-refractivity contribution < 1.29 is 19.4 Å². The maximum Gasteiger partial charge on any atom is 0.410 e. The van der Waals surface area contributed by atoms with E-state index >= 15 is 0 Å². The molecule has 1 aromatic rings. The zero-order valence-electron chi connectivity index (χ0n) is 13.6. The smallest absolute Gasteiger partial charge is 0.410 e. The molecule has 1 aromatic heterocycles. The maximum absolute atomic E-state index is 12.0. The van der Waals surface area contributed by atoms with Crippen LogP contribution in [0.3, 0.4) is 0 Å². The van der Waals surface area contributed by atoms with Crippen molar-refractivity contribution in [3.63, 3.8) is 0 Å². The van der Waals surface area contributed by atoms with Crippen molar-refractivity contribution >= 4 is 23.7 Å². The largest absolute Gasteiger partial charge is 0.465 e. The van der Waals surface area contributed by atoms with Crippen LogP contribution in [0.25, 0.3) is 0 Å². The molecule has 0 aromatic carbocycles. The van der Waals surface area contributed by atoms with Crippen LogP contribution in [-0.2, 0) is 4.74 Å². The van der Waals surface area contributed by atoms with Gasteiger partial charge in [0.2, 0.25) is 0 Å². The average molecular weight is 322 g/mol. The van der Waals surface area contributed by atoms with Gasteiger partial charge < -0.3 is 19.6 Å². The molecule has 8 nitrogen and oxygen atoms in total. The number of hydrogen-bond donors (Lipinski definition) is 2. The third kappa shape index (κ3) is 5.01. The number of piperazine rings is 1. The predicted octanol–water partition coefficient (Wildman–Crippen LogP) is 2.23. The molecule has 2 N–H and O–H groups in total. The molecule has 2 amide bonds. The number of carbonyl (C=O) groups is 2. The van der Waals surface area contributed by atoms with Crippen LogP contribution in [0.5, 0.6) is 0 Å². The number of anilines is 2. The lowest BCUT2D eigenvalue weighted by Crippen LogP contribution is -2.50. The Kier molecular flexibility index (Phi) is 4.92. The van der Waals surface area contributed by atoms with E-state index in [1.165, 1.54) is 0 Å². The van der Waals surface area contributed by atoms with E-state index in [9.17, 15) is 9.59 Å². The van der Waals surface area contributed by atoms with E-state index in [0.717, 1.165) is 5.69 Å². The first kappa shape index (κ1) is 16.9. The Morgan fingerprint density at radius 1 is 1.22 bits per heavy atom. The molecule has 0 unspecified atom stereocenters. The molecule has 1 aliphatic heterocycles. The summed E-state index contributed by atoms with van der Waals surface area (Å²) in [6, 6.07) is 3.42. The summed E-state index contributed by atoms with van der Waals surface area (Å²) in [5.74, 6) is 0.286. The number of aromatic nitrogens is 1. The van der Waals surface area contributed by atoms with E-state index in [2.05, 4.69) is 15.2 Å². The maximum atomic E-state index is 12.0. The van der Waals surface area contributed by atoms with Gasteiger partial charge in [-0.2, -0.15) is 0 Å².